The molecule has 3 nitrogen and oxygen atoms in total. The Kier molecular flexibility index (Phi) is 5.24. The summed E-state index contributed by atoms with van der Waals surface area (Å²) in [5.74, 6) is 0.711. The first-order chi connectivity index (χ1) is 8.18. The second-order valence-electron chi connectivity index (χ2n) is 6.86. The average Bonchev–Trinajstić information content (AvgIpc) is 2.13. The molecule has 0 aromatic carbocycles. The molecule has 18 heavy (non-hydrogen) atoms. The fourth-order valence-electron chi connectivity index (χ4n) is 2.43. The third-order valence-corrected chi connectivity index (χ3v) is 5.72. The van der Waals surface area contributed by atoms with Crippen LogP contribution in [0.5, 0.6) is 0 Å². The zero-order chi connectivity index (χ0) is 13.9. The Morgan fingerprint density at radius 1 is 1.17 bits per heavy atom. The maximum absolute atomic E-state index is 11.8. The molecule has 108 valence electrons. The number of hydrogen-bond donors (Lipinski definition) is 1. The molecule has 0 radical (unpaired) electrons. The molecule has 0 unspecified atom stereocenters. The largest absolute Gasteiger partial charge is 0.312 e. The zero-order valence-corrected chi connectivity index (χ0v) is 13.2. The number of hydrogen-bond acceptors (Lipinski definition) is 3. The minimum Gasteiger partial charge on any atom is -0.312 e. The van der Waals surface area contributed by atoms with Crippen molar-refractivity contribution >= 4 is 9.84 Å². The van der Waals surface area contributed by atoms with Crippen LogP contribution >= 0.6 is 0 Å². The molecule has 0 heterocycles. The lowest BCUT2D eigenvalue weighted by Gasteiger charge is -2.44. The predicted octanol–water partition coefficient (Wildman–Crippen LogP) is 2.76. The first-order valence-corrected chi connectivity index (χ1v) is 8.96. The van der Waals surface area contributed by atoms with E-state index in [1.165, 1.54) is 19.3 Å². The van der Waals surface area contributed by atoms with Gasteiger partial charge >= 0.3 is 0 Å². The second kappa shape index (κ2) is 5.91. The Morgan fingerprint density at radius 3 is 2.17 bits per heavy atom. The fraction of sp³-hybridized carbons (Fsp3) is 1.00. The molecule has 1 aliphatic carbocycles. The van der Waals surface area contributed by atoms with Crippen molar-refractivity contribution < 1.29 is 8.42 Å². The van der Waals surface area contributed by atoms with E-state index in [0.717, 1.165) is 19.4 Å². The van der Waals surface area contributed by atoms with Gasteiger partial charge in [-0.3, -0.25) is 0 Å². The van der Waals surface area contributed by atoms with E-state index in [4.69, 9.17) is 0 Å². The molecule has 1 rings (SSSR count). The molecule has 1 N–H and O–H groups in total. The van der Waals surface area contributed by atoms with Gasteiger partial charge in [-0.25, -0.2) is 8.42 Å². The van der Waals surface area contributed by atoms with Crippen molar-refractivity contribution in [3.63, 3.8) is 0 Å². The second-order valence-corrected chi connectivity index (χ2v) is 9.16. The Hall–Kier alpha value is -0.0900. The van der Waals surface area contributed by atoms with Gasteiger partial charge < -0.3 is 5.32 Å². The Morgan fingerprint density at radius 2 is 1.78 bits per heavy atom. The van der Waals surface area contributed by atoms with Gasteiger partial charge in [0.05, 0.1) is 5.75 Å². The van der Waals surface area contributed by atoms with E-state index >= 15 is 0 Å². The van der Waals surface area contributed by atoms with Crippen molar-refractivity contribution in [2.45, 2.75) is 65.3 Å². The van der Waals surface area contributed by atoms with E-state index in [1.807, 2.05) is 6.92 Å². The van der Waals surface area contributed by atoms with Gasteiger partial charge in [0.15, 0.2) is 0 Å². The molecule has 0 aromatic rings. The Bertz CT molecular complexity index is 350. The SMILES string of the molecule is CCCS(=O)(=O)CCC1(CNC(C)(C)C)CCC1. The van der Waals surface area contributed by atoms with Crippen LogP contribution in [0.15, 0.2) is 0 Å². The summed E-state index contributed by atoms with van der Waals surface area (Å²) in [4.78, 5) is 0. The molecule has 0 aliphatic heterocycles. The topological polar surface area (TPSA) is 46.2 Å². The molecule has 1 fully saturated rings. The molecule has 0 amide bonds. The van der Waals surface area contributed by atoms with E-state index in [2.05, 4.69) is 26.1 Å². The van der Waals surface area contributed by atoms with E-state index in [1.54, 1.807) is 0 Å². The molecule has 0 atom stereocenters. The van der Waals surface area contributed by atoms with Crippen LogP contribution in [-0.2, 0) is 9.84 Å². The maximum atomic E-state index is 11.8. The van der Waals surface area contributed by atoms with Gasteiger partial charge in [0.1, 0.15) is 9.84 Å². The van der Waals surface area contributed by atoms with Crippen LogP contribution in [0.25, 0.3) is 0 Å². The van der Waals surface area contributed by atoms with E-state index in [0.29, 0.717) is 11.5 Å². The monoisotopic (exact) mass is 275 g/mol. The molecule has 1 aliphatic rings. The third-order valence-electron chi connectivity index (χ3n) is 3.87. The lowest BCUT2D eigenvalue weighted by Crippen LogP contribution is -2.47. The predicted molar refractivity (Wildman–Crippen MR) is 77.6 cm³/mol. The van der Waals surface area contributed by atoms with Crippen molar-refractivity contribution in [2.24, 2.45) is 5.41 Å². The standard InChI is InChI=1S/C14H29NO2S/c1-5-10-18(16,17)11-9-14(7-6-8-14)12-15-13(2,3)4/h15H,5-12H2,1-4H3. The minimum absolute atomic E-state index is 0.116. The van der Waals surface area contributed by atoms with Crippen molar-refractivity contribution in [3.8, 4) is 0 Å². The highest BCUT2D eigenvalue weighted by Crippen LogP contribution is 2.44. The van der Waals surface area contributed by atoms with Crippen molar-refractivity contribution in [2.75, 3.05) is 18.1 Å². The molecular weight excluding hydrogens is 246 g/mol. The Balaban J connectivity index is 2.46. The van der Waals surface area contributed by atoms with Crippen LogP contribution in [-0.4, -0.2) is 32.0 Å². The van der Waals surface area contributed by atoms with Gasteiger partial charge in [0, 0.05) is 17.8 Å². The maximum Gasteiger partial charge on any atom is 0.150 e. The average molecular weight is 275 g/mol. The van der Waals surface area contributed by atoms with Crippen LogP contribution in [0.4, 0.5) is 0 Å². The van der Waals surface area contributed by atoms with Gasteiger partial charge in [0.2, 0.25) is 0 Å². The molecule has 0 bridgehead atoms. The zero-order valence-electron chi connectivity index (χ0n) is 12.4. The number of sulfone groups is 1. The quantitative estimate of drug-likeness (QED) is 0.777. The lowest BCUT2D eigenvalue weighted by molar-refractivity contribution is 0.114. The fourth-order valence-corrected chi connectivity index (χ4v) is 4.00. The van der Waals surface area contributed by atoms with Gasteiger partial charge in [-0.05, 0) is 51.9 Å². The van der Waals surface area contributed by atoms with Gasteiger partial charge in [-0.2, -0.15) is 0 Å². The summed E-state index contributed by atoms with van der Waals surface area (Å²) in [5, 5.41) is 3.54. The van der Waals surface area contributed by atoms with E-state index in [9.17, 15) is 8.42 Å². The molecular formula is C14H29NO2S. The normalized spacial score (nSPS) is 19.6. The summed E-state index contributed by atoms with van der Waals surface area (Å²) in [5.41, 5.74) is 0.360. The van der Waals surface area contributed by atoms with E-state index < -0.39 is 9.84 Å². The highest BCUT2D eigenvalue weighted by Gasteiger charge is 2.38. The molecule has 4 heteroatoms. The van der Waals surface area contributed by atoms with Crippen LogP contribution in [0, 0.1) is 5.41 Å². The third kappa shape index (κ3) is 5.27. The molecule has 1 saturated carbocycles. The summed E-state index contributed by atoms with van der Waals surface area (Å²) in [6.07, 6.45) is 5.17. The van der Waals surface area contributed by atoms with Crippen LogP contribution in [0.3, 0.4) is 0 Å². The van der Waals surface area contributed by atoms with Crippen molar-refractivity contribution in [1.29, 1.82) is 0 Å². The number of rotatable bonds is 7. The number of nitrogens with one attached hydrogen (secondary N) is 1. The Labute approximate surface area is 113 Å². The minimum atomic E-state index is -2.82. The van der Waals surface area contributed by atoms with Gasteiger partial charge in [0.25, 0.3) is 0 Å². The molecule has 0 saturated heterocycles. The van der Waals surface area contributed by atoms with Crippen molar-refractivity contribution in [3.05, 3.63) is 0 Å². The van der Waals surface area contributed by atoms with Crippen LogP contribution < -0.4 is 5.32 Å². The summed E-state index contributed by atoms with van der Waals surface area (Å²) in [7, 11) is -2.82. The van der Waals surface area contributed by atoms with E-state index in [-0.39, 0.29) is 11.0 Å². The van der Waals surface area contributed by atoms with Crippen LogP contribution in [0.2, 0.25) is 0 Å². The van der Waals surface area contributed by atoms with Gasteiger partial charge in [-0.1, -0.05) is 13.3 Å². The van der Waals surface area contributed by atoms with Crippen molar-refractivity contribution in [1.82, 2.24) is 5.32 Å². The first-order valence-electron chi connectivity index (χ1n) is 7.14. The molecule has 0 spiro atoms. The first kappa shape index (κ1) is 16.0. The summed E-state index contributed by atoms with van der Waals surface area (Å²) in [6.45, 7) is 9.36. The lowest BCUT2D eigenvalue weighted by atomic mass is 9.67. The highest BCUT2D eigenvalue weighted by molar-refractivity contribution is 7.91. The van der Waals surface area contributed by atoms with Gasteiger partial charge in [-0.15, -0.1) is 0 Å². The highest BCUT2D eigenvalue weighted by atomic mass is 32.2. The summed E-state index contributed by atoms with van der Waals surface area (Å²) >= 11 is 0. The smallest absolute Gasteiger partial charge is 0.150 e. The molecule has 0 aromatic heterocycles. The summed E-state index contributed by atoms with van der Waals surface area (Å²) < 4.78 is 23.6. The summed E-state index contributed by atoms with van der Waals surface area (Å²) in [6, 6.07) is 0. The van der Waals surface area contributed by atoms with Crippen LogP contribution in [0.1, 0.15) is 59.8 Å².